The van der Waals surface area contributed by atoms with Crippen LogP contribution in [0.3, 0.4) is 0 Å². The summed E-state index contributed by atoms with van der Waals surface area (Å²) in [6, 6.07) is 17.1. The number of nitrogens with two attached hydrogens (primary N) is 1. The largest absolute Gasteiger partial charge is 0.461 e. The Morgan fingerprint density at radius 3 is 2.23 bits per heavy atom. The Labute approximate surface area is 261 Å². The molecule has 0 radical (unpaired) electrons. The number of rotatable bonds is 17. The second kappa shape index (κ2) is 16.7. The molecule has 1 aliphatic rings. The zero-order chi connectivity index (χ0) is 32.2. The molecule has 44 heavy (non-hydrogen) atoms. The number of unbranched alkanes of at least 4 members (excludes halogenated alkanes) is 1. The van der Waals surface area contributed by atoms with Crippen LogP contribution < -0.4 is 15.3 Å². The molecule has 242 valence electrons. The normalized spacial score (nSPS) is 19.2. The van der Waals surface area contributed by atoms with Crippen molar-refractivity contribution in [2.24, 2.45) is 5.73 Å². The summed E-state index contributed by atoms with van der Waals surface area (Å²) in [7, 11) is -4.24. The highest BCUT2D eigenvalue weighted by molar-refractivity contribution is 7.52. The first-order valence-electron chi connectivity index (χ1n) is 15.4. The van der Waals surface area contributed by atoms with Crippen molar-refractivity contribution in [3.63, 3.8) is 0 Å². The van der Waals surface area contributed by atoms with Gasteiger partial charge in [-0.25, -0.2) is 4.57 Å². The van der Waals surface area contributed by atoms with E-state index < -0.39 is 43.7 Å². The number of nitrogens with zero attached hydrogens (tertiary/aromatic N) is 2. The molecule has 11 nitrogen and oxygen atoms in total. The van der Waals surface area contributed by atoms with Crippen LogP contribution in [0.2, 0.25) is 0 Å². The molecule has 2 aromatic rings. The van der Waals surface area contributed by atoms with Gasteiger partial charge in [-0.05, 0) is 43.9 Å². The van der Waals surface area contributed by atoms with Crippen molar-refractivity contribution in [2.45, 2.75) is 84.0 Å². The molecule has 1 heterocycles. The Balaban J connectivity index is 1.77. The third-order valence-electron chi connectivity index (χ3n) is 7.89. The molecular weight excluding hydrogens is 583 g/mol. The smallest absolute Gasteiger partial charge is 0.459 e. The number of carbonyl (C=O) groups is 3. The van der Waals surface area contributed by atoms with Gasteiger partial charge in [-0.1, -0.05) is 82.1 Å². The minimum absolute atomic E-state index is 0.0762. The van der Waals surface area contributed by atoms with Crippen molar-refractivity contribution in [1.29, 1.82) is 0 Å². The summed E-state index contributed by atoms with van der Waals surface area (Å²) in [6.45, 7) is 8.09. The van der Waals surface area contributed by atoms with Crippen LogP contribution in [0, 0.1) is 0 Å². The average Bonchev–Trinajstić information content (AvgIpc) is 3.02. The van der Waals surface area contributed by atoms with Gasteiger partial charge in [0.15, 0.2) is 0 Å². The topological polar surface area (TPSA) is 140 Å². The van der Waals surface area contributed by atoms with Crippen molar-refractivity contribution in [1.82, 2.24) is 14.9 Å². The molecule has 1 saturated heterocycles. The fraction of sp³-hybridized carbons (Fsp3) is 0.531. The van der Waals surface area contributed by atoms with E-state index in [2.05, 4.69) is 9.99 Å². The van der Waals surface area contributed by atoms with E-state index in [4.69, 9.17) is 19.5 Å². The highest BCUT2D eigenvalue weighted by Gasteiger charge is 2.47. The Hall–Kier alpha value is -3.24. The number of primary amides is 1. The monoisotopic (exact) mass is 630 g/mol. The molecule has 0 bridgehead atoms. The summed E-state index contributed by atoms with van der Waals surface area (Å²) in [6.07, 6.45) is 3.10. The highest BCUT2D eigenvalue weighted by Crippen LogP contribution is 2.45. The van der Waals surface area contributed by atoms with Gasteiger partial charge in [-0.15, -0.1) is 0 Å². The second-order valence-electron chi connectivity index (χ2n) is 11.1. The second-order valence-corrected chi connectivity index (χ2v) is 12.8. The van der Waals surface area contributed by atoms with E-state index in [1.165, 1.54) is 11.8 Å². The molecule has 0 aliphatic carbocycles. The van der Waals surface area contributed by atoms with Crippen molar-refractivity contribution in [2.75, 3.05) is 26.2 Å². The number of esters is 1. The maximum Gasteiger partial charge on any atom is 0.459 e. The number of para-hydroxylation sites is 1. The SMILES string of the molecule is CCCCC1(C(N)=O)CN(C(=O)COP(=O)(NC(C)C(=O)OC(CC)CC)Oc2ccccc2)CCN1Cc1ccccc1. The van der Waals surface area contributed by atoms with E-state index in [0.29, 0.717) is 38.9 Å². The van der Waals surface area contributed by atoms with Crippen LogP contribution in [0.1, 0.15) is 65.4 Å². The van der Waals surface area contributed by atoms with Crippen LogP contribution in [-0.4, -0.2) is 71.5 Å². The maximum absolute atomic E-state index is 13.9. The molecule has 1 fully saturated rings. The number of piperazine rings is 1. The lowest BCUT2D eigenvalue weighted by Crippen LogP contribution is -2.68. The van der Waals surface area contributed by atoms with Gasteiger partial charge in [0.05, 0.1) is 0 Å². The van der Waals surface area contributed by atoms with Gasteiger partial charge in [0.2, 0.25) is 11.8 Å². The zero-order valence-corrected chi connectivity index (χ0v) is 27.2. The minimum Gasteiger partial charge on any atom is -0.461 e. The Morgan fingerprint density at radius 1 is 1.00 bits per heavy atom. The van der Waals surface area contributed by atoms with Gasteiger partial charge in [0.25, 0.3) is 0 Å². The van der Waals surface area contributed by atoms with E-state index in [1.54, 1.807) is 30.3 Å². The molecule has 12 heteroatoms. The lowest BCUT2D eigenvalue weighted by atomic mass is 9.86. The van der Waals surface area contributed by atoms with Crippen LogP contribution in [-0.2, 0) is 34.8 Å². The molecule has 0 spiro atoms. The summed E-state index contributed by atoms with van der Waals surface area (Å²) in [5, 5.41) is 2.63. The van der Waals surface area contributed by atoms with Gasteiger partial charge >= 0.3 is 13.7 Å². The predicted octanol–water partition coefficient (Wildman–Crippen LogP) is 4.66. The third kappa shape index (κ3) is 9.63. The van der Waals surface area contributed by atoms with Crippen LogP contribution in [0.5, 0.6) is 5.75 Å². The van der Waals surface area contributed by atoms with E-state index >= 15 is 0 Å². The van der Waals surface area contributed by atoms with Gasteiger partial charge in [0.1, 0.15) is 30.0 Å². The first-order valence-corrected chi connectivity index (χ1v) is 16.9. The number of hydrogen-bond donors (Lipinski definition) is 2. The minimum atomic E-state index is -4.24. The molecule has 2 amide bonds. The number of hydrogen-bond acceptors (Lipinski definition) is 8. The standard InChI is InChI=1S/C32H47N4O7P/c1-5-8-19-32(31(33)39)24-35(20-21-36(32)22-26-15-11-9-12-16-26)29(37)23-41-44(40,43-28-17-13-10-14-18-28)34-25(4)30(38)42-27(6-2)7-3/h9-18,25,27H,5-8,19-24H2,1-4H3,(H2,33,39)(H,34,40). The molecule has 3 rings (SSSR count). The predicted molar refractivity (Wildman–Crippen MR) is 169 cm³/mol. The average molecular weight is 631 g/mol. The lowest BCUT2D eigenvalue weighted by molar-refractivity contribution is -0.151. The number of benzene rings is 2. The van der Waals surface area contributed by atoms with Gasteiger partial charge in [-0.3, -0.25) is 23.8 Å². The number of carbonyl (C=O) groups excluding carboxylic acids is 3. The van der Waals surface area contributed by atoms with Crippen molar-refractivity contribution < 1.29 is 32.7 Å². The van der Waals surface area contributed by atoms with E-state index in [9.17, 15) is 18.9 Å². The van der Waals surface area contributed by atoms with Crippen LogP contribution in [0.4, 0.5) is 0 Å². The van der Waals surface area contributed by atoms with Gasteiger partial charge in [0, 0.05) is 26.2 Å². The molecule has 3 unspecified atom stereocenters. The Kier molecular flexibility index (Phi) is 13.4. The number of amides is 2. The summed E-state index contributed by atoms with van der Waals surface area (Å²) in [5.41, 5.74) is 6.02. The van der Waals surface area contributed by atoms with Gasteiger partial charge in [-0.2, -0.15) is 5.09 Å². The first kappa shape index (κ1) is 35.2. The van der Waals surface area contributed by atoms with Crippen LogP contribution in [0.15, 0.2) is 60.7 Å². The molecule has 3 N–H and O–H groups in total. The van der Waals surface area contributed by atoms with Crippen molar-refractivity contribution in [3.05, 3.63) is 66.2 Å². The summed E-state index contributed by atoms with van der Waals surface area (Å²) in [5.74, 6) is -1.34. The summed E-state index contributed by atoms with van der Waals surface area (Å²) in [4.78, 5) is 42.9. The fourth-order valence-electron chi connectivity index (χ4n) is 5.21. The van der Waals surface area contributed by atoms with Crippen molar-refractivity contribution >= 4 is 25.5 Å². The molecule has 0 aromatic heterocycles. The first-order chi connectivity index (χ1) is 21.1. The van der Waals surface area contributed by atoms with Crippen molar-refractivity contribution in [3.8, 4) is 5.75 Å². The molecule has 1 aliphatic heterocycles. The summed E-state index contributed by atoms with van der Waals surface area (Å²) < 4.78 is 30.8. The Morgan fingerprint density at radius 2 is 1.64 bits per heavy atom. The van der Waals surface area contributed by atoms with E-state index in [1.807, 2.05) is 51.1 Å². The maximum atomic E-state index is 13.9. The third-order valence-corrected chi connectivity index (χ3v) is 9.52. The summed E-state index contributed by atoms with van der Waals surface area (Å²) >= 11 is 0. The Bertz CT molecular complexity index is 1260. The fourth-order valence-corrected chi connectivity index (χ4v) is 6.65. The lowest BCUT2D eigenvalue weighted by Gasteiger charge is -2.49. The molecule has 0 saturated carbocycles. The molecule has 3 atom stereocenters. The van der Waals surface area contributed by atoms with E-state index in [0.717, 1.165) is 18.4 Å². The van der Waals surface area contributed by atoms with Gasteiger partial charge < -0.3 is 19.9 Å². The molecular formula is C32H47N4O7P. The van der Waals surface area contributed by atoms with E-state index in [-0.39, 0.29) is 18.4 Å². The number of nitrogens with one attached hydrogen (secondary N) is 1. The highest BCUT2D eigenvalue weighted by atomic mass is 31.2. The molecule has 2 aromatic carbocycles. The quantitative estimate of drug-likeness (QED) is 0.189. The zero-order valence-electron chi connectivity index (χ0n) is 26.3. The van der Waals surface area contributed by atoms with Crippen LogP contribution >= 0.6 is 7.75 Å². The van der Waals surface area contributed by atoms with Crippen LogP contribution in [0.25, 0.3) is 0 Å². The number of ether oxygens (including phenoxy) is 1.